The Balaban J connectivity index is 2.11. The Morgan fingerprint density at radius 2 is 2.11 bits per heavy atom. The summed E-state index contributed by atoms with van der Waals surface area (Å²) >= 11 is 5.01. The van der Waals surface area contributed by atoms with E-state index in [2.05, 4.69) is 26.0 Å². The lowest BCUT2D eigenvalue weighted by Gasteiger charge is -1.99. The molecule has 3 rings (SSSR count). The molecule has 0 saturated heterocycles. The molecule has 0 spiro atoms. The van der Waals surface area contributed by atoms with Gasteiger partial charge >= 0.3 is 0 Å². The highest BCUT2D eigenvalue weighted by Crippen LogP contribution is 2.29. The fourth-order valence-electron chi connectivity index (χ4n) is 1.67. The van der Waals surface area contributed by atoms with Crippen LogP contribution in [0, 0.1) is 0 Å². The minimum Gasteiger partial charge on any atom is -0.383 e. The minimum atomic E-state index is 0.579. The second-order valence-electron chi connectivity index (χ2n) is 3.66. The third-order valence-corrected chi connectivity index (χ3v) is 3.93. The molecule has 2 N–H and O–H groups in total. The lowest BCUT2D eigenvalue weighted by Crippen LogP contribution is -2.00. The molecular weight excluding hydrogens is 312 g/mol. The van der Waals surface area contributed by atoms with Crippen LogP contribution in [0.15, 0.2) is 46.4 Å². The van der Waals surface area contributed by atoms with E-state index in [9.17, 15) is 0 Å². The van der Waals surface area contributed by atoms with Crippen molar-refractivity contribution in [2.75, 3.05) is 5.73 Å². The van der Waals surface area contributed by atoms with Gasteiger partial charge in [0.15, 0.2) is 0 Å². The summed E-state index contributed by atoms with van der Waals surface area (Å²) in [6.07, 6.45) is 1.74. The van der Waals surface area contributed by atoms with Crippen molar-refractivity contribution in [3.05, 3.63) is 46.4 Å². The molecule has 0 saturated carbocycles. The van der Waals surface area contributed by atoms with E-state index < -0.39 is 0 Å². The molecule has 2 heterocycles. The summed E-state index contributed by atoms with van der Waals surface area (Å²) in [6, 6.07) is 9.76. The topological polar surface area (TPSA) is 56.7 Å². The number of hydrogen-bond acceptors (Lipinski definition) is 4. The summed E-state index contributed by atoms with van der Waals surface area (Å²) in [5.74, 6) is 0.579. The molecule has 0 amide bonds. The summed E-state index contributed by atoms with van der Waals surface area (Å²) in [4.78, 5) is 4.20. The van der Waals surface area contributed by atoms with Gasteiger partial charge in [-0.1, -0.05) is 34.1 Å². The van der Waals surface area contributed by atoms with Crippen LogP contribution in [0.2, 0.25) is 0 Å². The lowest BCUT2D eigenvalue weighted by atomic mass is 10.2. The van der Waals surface area contributed by atoms with Crippen LogP contribution in [-0.4, -0.2) is 14.8 Å². The van der Waals surface area contributed by atoms with Crippen molar-refractivity contribution in [1.29, 1.82) is 0 Å². The molecule has 4 nitrogen and oxygen atoms in total. The standard InChI is InChI=1S/C12H9BrN4S/c13-9-4-2-1-3-8(9)10-7-11(14)17(16-10)12-15-5-6-18-12/h1-7H,14H2. The zero-order chi connectivity index (χ0) is 12.5. The molecule has 0 atom stereocenters. The number of benzene rings is 1. The molecular formula is C12H9BrN4S. The van der Waals surface area contributed by atoms with Crippen LogP contribution < -0.4 is 5.73 Å². The number of nitrogens with two attached hydrogens (primary N) is 1. The maximum atomic E-state index is 5.97. The van der Waals surface area contributed by atoms with Crippen LogP contribution in [0.3, 0.4) is 0 Å². The predicted molar refractivity (Wildman–Crippen MR) is 76.8 cm³/mol. The molecule has 90 valence electrons. The fourth-order valence-corrected chi connectivity index (χ4v) is 2.77. The molecule has 0 unspecified atom stereocenters. The van der Waals surface area contributed by atoms with Crippen LogP contribution in [-0.2, 0) is 0 Å². The van der Waals surface area contributed by atoms with E-state index in [4.69, 9.17) is 5.73 Å². The Kier molecular flexibility index (Phi) is 2.89. The maximum absolute atomic E-state index is 5.97. The van der Waals surface area contributed by atoms with Gasteiger partial charge in [-0.25, -0.2) is 4.98 Å². The van der Waals surface area contributed by atoms with Gasteiger partial charge in [0.25, 0.3) is 0 Å². The van der Waals surface area contributed by atoms with Crippen molar-refractivity contribution < 1.29 is 0 Å². The van der Waals surface area contributed by atoms with Crippen LogP contribution in [0.25, 0.3) is 16.4 Å². The average molecular weight is 321 g/mol. The molecule has 0 fully saturated rings. The van der Waals surface area contributed by atoms with Crippen LogP contribution in [0.5, 0.6) is 0 Å². The first-order chi connectivity index (χ1) is 8.75. The van der Waals surface area contributed by atoms with E-state index in [1.807, 2.05) is 35.7 Å². The Labute approximate surface area is 116 Å². The van der Waals surface area contributed by atoms with E-state index >= 15 is 0 Å². The summed E-state index contributed by atoms with van der Waals surface area (Å²) < 4.78 is 2.65. The normalized spacial score (nSPS) is 10.7. The quantitative estimate of drug-likeness (QED) is 0.787. The summed E-state index contributed by atoms with van der Waals surface area (Å²) in [5.41, 5.74) is 7.81. The number of nitrogens with zero attached hydrogens (tertiary/aromatic N) is 3. The Bertz CT molecular complexity index is 675. The smallest absolute Gasteiger partial charge is 0.212 e. The van der Waals surface area contributed by atoms with E-state index in [1.165, 1.54) is 11.3 Å². The summed E-state index contributed by atoms with van der Waals surface area (Å²) in [6.45, 7) is 0. The van der Waals surface area contributed by atoms with Crippen molar-refractivity contribution in [1.82, 2.24) is 14.8 Å². The second kappa shape index (κ2) is 4.55. The van der Waals surface area contributed by atoms with Crippen molar-refractivity contribution in [3.8, 4) is 16.4 Å². The summed E-state index contributed by atoms with van der Waals surface area (Å²) in [7, 11) is 0. The Hall–Kier alpha value is -1.66. The van der Waals surface area contributed by atoms with Crippen LogP contribution in [0.4, 0.5) is 5.82 Å². The molecule has 0 radical (unpaired) electrons. The minimum absolute atomic E-state index is 0.579. The van der Waals surface area contributed by atoms with Gasteiger partial charge in [-0.2, -0.15) is 9.78 Å². The largest absolute Gasteiger partial charge is 0.383 e. The van der Waals surface area contributed by atoms with Gasteiger partial charge < -0.3 is 5.73 Å². The second-order valence-corrected chi connectivity index (χ2v) is 5.39. The number of anilines is 1. The van der Waals surface area contributed by atoms with Gasteiger partial charge in [0, 0.05) is 27.7 Å². The highest BCUT2D eigenvalue weighted by Gasteiger charge is 2.11. The van der Waals surface area contributed by atoms with Crippen LogP contribution in [0.1, 0.15) is 0 Å². The first kappa shape index (κ1) is 11.4. The molecule has 2 aromatic heterocycles. The zero-order valence-corrected chi connectivity index (χ0v) is 11.6. The zero-order valence-electron chi connectivity index (χ0n) is 9.25. The van der Waals surface area contributed by atoms with Crippen molar-refractivity contribution >= 4 is 33.1 Å². The van der Waals surface area contributed by atoms with Gasteiger partial charge in [-0.15, -0.1) is 11.3 Å². The third-order valence-electron chi connectivity index (χ3n) is 2.49. The Morgan fingerprint density at radius 1 is 1.28 bits per heavy atom. The molecule has 18 heavy (non-hydrogen) atoms. The number of nitrogen functional groups attached to an aromatic ring is 1. The lowest BCUT2D eigenvalue weighted by molar-refractivity contribution is 0.883. The highest BCUT2D eigenvalue weighted by molar-refractivity contribution is 9.10. The van der Waals surface area contributed by atoms with Gasteiger partial charge in [0.1, 0.15) is 5.82 Å². The summed E-state index contributed by atoms with van der Waals surface area (Å²) in [5, 5.41) is 7.16. The molecule has 0 aliphatic carbocycles. The number of hydrogen-bond donors (Lipinski definition) is 1. The van der Waals surface area contributed by atoms with Crippen molar-refractivity contribution in [3.63, 3.8) is 0 Å². The number of halogens is 1. The van der Waals surface area contributed by atoms with Gasteiger partial charge in [-0.05, 0) is 6.07 Å². The first-order valence-electron chi connectivity index (χ1n) is 5.26. The number of rotatable bonds is 2. The van der Waals surface area contributed by atoms with Gasteiger partial charge in [0.05, 0.1) is 5.69 Å². The van der Waals surface area contributed by atoms with E-state index in [-0.39, 0.29) is 0 Å². The van der Waals surface area contributed by atoms with E-state index in [0.717, 1.165) is 20.9 Å². The molecule has 0 aliphatic heterocycles. The maximum Gasteiger partial charge on any atom is 0.212 e. The van der Waals surface area contributed by atoms with Crippen molar-refractivity contribution in [2.45, 2.75) is 0 Å². The molecule has 3 aromatic rings. The average Bonchev–Trinajstić information content (AvgIpc) is 2.98. The molecule has 6 heteroatoms. The van der Waals surface area contributed by atoms with E-state index in [1.54, 1.807) is 10.9 Å². The number of thiazole rings is 1. The van der Waals surface area contributed by atoms with Crippen LogP contribution >= 0.6 is 27.3 Å². The molecule has 0 bridgehead atoms. The molecule has 0 aliphatic rings. The Morgan fingerprint density at radius 3 is 2.83 bits per heavy atom. The first-order valence-corrected chi connectivity index (χ1v) is 6.93. The number of aromatic nitrogens is 3. The van der Waals surface area contributed by atoms with Gasteiger partial charge in [0.2, 0.25) is 5.13 Å². The van der Waals surface area contributed by atoms with Gasteiger partial charge in [-0.3, -0.25) is 0 Å². The highest BCUT2D eigenvalue weighted by atomic mass is 79.9. The van der Waals surface area contributed by atoms with Crippen molar-refractivity contribution in [2.24, 2.45) is 0 Å². The predicted octanol–water partition coefficient (Wildman–Crippen LogP) is 3.34. The third kappa shape index (κ3) is 1.93. The fraction of sp³-hybridized carbons (Fsp3) is 0. The SMILES string of the molecule is Nc1cc(-c2ccccc2Br)nn1-c1nccs1. The monoisotopic (exact) mass is 320 g/mol. The van der Waals surface area contributed by atoms with E-state index in [0.29, 0.717) is 5.82 Å². The molecule has 1 aromatic carbocycles.